The molecular weight excluding hydrogens is 413 g/mol. The summed E-state index contributed by atoms with van der Waals surface area (Å²) >= 11 is 0. The predicted octanol–water partition coefficient (Wildman–Crippen LogP) is 3.71. The Morgan fingerprint density at radius 3 is 2.42 bits per heavy atom. The minimum Gasteiger partial charge on any atom is -0.462 e. The van der Waals surface area contributed by atoms with Crippen LogP contribution in [0, 0.1) is 0 Å². The van der Waals surface area contributed by atoms with Gasteiger partial charge in [0.15, 0.2) is 5.69 Å². The summed E-state index contributed by atoms with van der Waals surface area (Å²) in [6, 6.07) is 9.64. The lowest BCUT2D eigenvalue weighted by molar-refractivity contribution is -0.143. The van der Waals surface area contributed by atoms with Gasteiger partial charge in [-0.05, 0) is 31.2 Å². The maximum Gasteiger partial charge on any atom is 0.434 e. The van der Waals surface area contributed by atoms with Crippen molar-refractivity contribution >= 4 is 5.97 Å². The van der Waals surface area contributed by atoms with Gasteiger partial charge >= 0.3 is 12.1 Å². The summed E-state index contributed by atoms with van der Waals surface area (Å²) in [4.78, 5) is 15.9. The summed E-state index contributed by atoms with van der Waals surface area (Å²) in [5.41, 5.74) is 0.250. The number of hydrogen-bond donors (Lipinski definition) is 0. The van der Waals surface area contributed by atoms with E-state index in [0.717, 1.165) is 11.9 Å². The molecule has 4 aromatic rings. The Hall–Kier alpha value is -4.02. The van der Waals surface area contributed by atoms with Crippen LogP contribution >= 0.6 is 0 Å². The SMILES string of the molecule is CCOC(=O)c1cnn(-c2ccc(-c3cn(-c4ccncc4)nn3)cc2)c1C(F)(F)F. The van der Waals surface area contributed by atoms with E-state index in [4.69, 9.17) is 4.74 Å². The van der Waals surface area contributed by atoms with E-state index in [2.05, 4.69) is 20.4 Å². The van der Waals surface area contributed by atoms with Crippen molar-refractivity contribution in [1.29, 1.82) is 0 Å². The lowest BCUT2D eigenvalue weighted by Gasteiger charge is -2.12. The molecule has 0 aliphatic rings. The molecule has 8 nitrogen and oxygen atoms in total. The van der Waals surface area contributed by atoms with Crippen LogP contribution in [0.2, 0.25) is 0 Å². The van der Waals surface area contributed by atoms with E-state index in [9.17, 15) is 18.0 Å². The quantitative estimate of drug-likeness (QED) is 0.451. The van der Waals surface area contributed by atoms with Crippen molar-refractivity contribution in [2.45, 2.75) is 13.1 Å². The second kappa shape index (κ2) is 8.01. The van der Waals surface area contributed by atoms with Crippen molar-refractivity contribution in [3.05, 3.63) is 72.4 Å². The van der Waals surface area contributed by atoms with E-state index < -0.39 is 23.4 Å². The van der Waals surface area contributed by atoms with E-state index in [1.807, 2.05) is 0 Å². The molecule has 0 unspecified atom stereocenters. The van der Waals surface area contributed by atoms with Crippen LogP contribution < -0.4 is 0 Å². The molecule has 0 saturated heterocycles. The molecule has 0 fully saturated rings. The van der Waals surface area contributed by atoms with Crippen LogP contribution in [0.4, 0.5) is 13.2 Å². The lowest BCUT2D eigenvalue weighted by atomic mass is 10.1. The van der Waals surface area contributed by atoms with Crippen molar-refractivity contribution in [1.82, 2.24) is 29.8 Å². The minimum absolute atomic E-state index is 0.0455. The van der Waals surface area contributed by atoms with Crippen molar-refractivity contribution in [3.63, 3.8) is 0 Å². The fourth-order valence-corrected chi connectivity index (χ4v) is 2.97. The third kappa shape index (κ3) is 4.02. The number of halogens is 3. The van der Waals surface area contributed by atoms with Crippen LogP contribution in [0.25, 0.3) is 22.6 Å². The smallest absolute Gasteiger partial charge is 0.434 e. The number of aromatic nitrogens is 6. The zero-order valence-corrected chi connectivity index (χ0v) is 16.1. The van der Waals surface area contributed by atoms with Crippen LogP contribution in [0.15, 0.2) is 61.2 Å². The van der Waals surface area contributed by atoms with Gasteiger partial charge in [0.05, 0.1) is 30.4 Å². The van der Waals surface area contributed by atoms with Gasteiger partial charge in [0, 0.05) is 18.0 Å². The third-order valence-corrected chi connectivity index (χ3v) is 4.36. The molecule has 0 aliphatic carbocycles. The number of alkyl halides is 3. The van der Waals surface area contributed by atoms with Gasteiger partial charge in [-0.2, -0.15) is 18.3 Å². The minimum atomic E-state index is -4.80. The van der Waals surface area contributed by atoms with Gasteiger partial charge in [-0.15, -0.1) is 5.10 Å². The standard InChI is InChI=1S/C20H15F3N6O2/c1-2-31-19(30)16-11-25-29(18(16)20(21,22)23)15-5-3-13(4-6-15)17-12-28(27-26-17)14-7-9-24-10-8-14/h3-12H,2H2,1H3. The van der Waals surface area contributed by atoms with Crippen molar-refractivity contribution in [3.8, 4) is 22.6 Å². The van der Waals surface area contributed by atoms with Crippen molar-refractivity contribution < 1.29 is 22.7 Å². The molecule has 1 aromatic carbocycles. The molecule has 3 heterocycles. The zero-order valence-electron chi connectivity index (χ0n) is 16.1. The van der Waals surface area contributed by atoms with E-state index in [1.54, 1.807) is 47.5 Å². The Kier molecular flexibility index (Phi) is 5.24. The summed E-state index contributed by atoms with van der Waals surface area (Å²) in [7, 11) is 0. The van der Waals surface area contributed by atoms with E-state index in [-0.39, 0.29) is 12.3 Å². The number of pyridine rings is 1. The van der Waals surface area contributed by atoms with Crippen molar-refractivity contribution in [2.24, 2.45) is 0 Å². The Balaban J connectivity index is 1.66. The van der Waals surface area contributed by atoms with Crippen LogP contribution in [-0.2, 0) is 10.9 Å². The fraction of sp³-hybridized carbons (Fsp3) is 0.150. The molecule has 0 aliphatic heterocycles. The van der Waals surface area contributed by atoms with Gasteiger partial charge in [0.1, 0.15) is 11.3 Å². The first-order chi connectivity index (χ1) is 14.9. The van der Waals surface area contributed by atoms with Crippen LogP contribution in [0.5, 0.6) is 0 Å². The first-order valence-corrected chi connectivity index (χ1v) is 9.14. The summed E-state index contributed by atoms with van der Waals surface area (Å²) in [6.45, 7) is 1.47. The Morgan fingerprint density at radius 1 is 1.06 bits per heavy atom. The predicted molar refractivity (Wildman–Crippen MR) is 103 cm³/mol. The normalized spacial score (nSPS) is 11.5. The molecule has 0 radical (unpaired) electrons. The van der Waals surface area contributed by atoms with Gasteiger partial charge < -0.3 is 4.74 Å². The number of benzene rings is 1. The summed E-state index contributed by atoms with van der Waals surface area (Å²) in [5, 5.41) is 11.9. The van der Waals surface area contributed by atoms with Crippen LogP contribution in [0.1, 0.15) is 23.0 Å². The molecular formula is C20H15F3N6O2. The molecule has 0 atom stereocenters. The number of ether oxygens (including phenoxy) is 1. The lowest BCUT2D eigenvalue weighted by Crippen LogP contribution is -2.18. The summed E-state index contributed by atoms with van der Waals surface area (Å²) in [6.07, 6.45) is 0.995. The largest absolute Gasteiger partial charge is 0.462 e. The molecule has 31 heavy (non-hydrogen) atoms. The number of rotatable bonds is 5. The number of esters is 1. The number of hydrogen-bond acceptors (Lipinski definition) is 6. The molecule has 158 valence electrons. The monoisotopic (exact) mass is 428 g/mol. The van der Waals surface area contributed by atoms with Crippen LogP contribution in [0.3, 0.4) is 0 Å². The van der Waals surface area contributed by atoms with Crippen molar-refractivity contribution in [2.75, 3.05) is 6.61 Å². The average molecular weight is 428 g/mol. The van der Waals surface area contributed by atoms with E-state index in [1.165, 1.54) is 19.1 Å². The van der Waals surface area contributed by atoms with Gasteiger partial charge in [-0.3, -0.25) is 4.98 Å². The Labute approximate surface area is 173 Å². The fourth-order valence-electron chi connectivity index (χ4n) is 2.97. The number of nitrogens with zero attached hydrogens (tertiary/aromatic N) is 6. The molecule has 4 rings (SSSR count). The average Bonchev–Trinajstić information content (AvgIpc) is 3.42. The maximum absolute atomic E-state index is 13.6. The Morgan fingerprint density at radius 2 is 1.77 bits per heavy atom. The first-order valence-electron chi connectivity index (χ1n) is 9.14. The molecule has 0 amide bonds. The highest BCUT2D eigenvalue weighted by Gasteiger charge is 2.41. The maximum atomic E-state index is 13.6. The second-order valence-corrected chi connectivity index (χ2v) is 6.34. The molecule has 3 aromatic heterocycles. The molecule has 11 heteroatoms. The summed E-state index contributed by atoms with van der Waals surface area (Å²) < 4.78 is 47.9. The van der Waals surface area contributed by atoms with Gasteiger partial charge in [0.25, 0.3) is 0 Å². The molecule has 0 spiro atoms. The van der Waals surface area contributed by atoms with Gasteiger partial charge in [-0.25, -0.2) is 14.2 Å². The van der Waals surface area contributed by atoms with Crippen LogP contribution in [-0.4, -0.2) is 42.3 Å². The third-order valence-electron chi connectivity index (χ3n) is 4.36. The zero-order chi connectivity index (χ0) is 22.0. The molecule has 0 saturated carbocycles. The van der Waals surface area contributed by atoms with E-state index in [0.29, 0.717) is 15.9 Å². The first kappa shape index (κ1) is 20.3. The molecule has 0 N–H and O–H groups in total. The highest BCUT2D eigenvalue weighted by molar-refractivity contribution is 5.90. The number of carbonyl (C=O) groups is 1. The topological polar surface area (TPSA) is 87.7 Å². The van der Waals surface area contributed by atoms with E-state index >= 15 is 0 Å². The highest BCUT2D eigenvalue weighted by atomic mass is 19.4. The Bertz CT molecular complexity index is 1200. The van der Waals surface area contributed by atoms with Gasteiger partial charge in [0.2, 0.25) is 0 Å². The second-order valence-electron chi connectivity index (χ2n) is 6.34. The summed E-state index contributed by atoms with van der Waals surface area (Å²) in [5.74, 6) is -1.08. The molecule has 0 bridgehead atoms. The van der Waals surface area contributed by atoms with Gasteiger partial charge in [-0.1, -0.05) is 17.3 Å². The highest BCUT2D eigenvalue weighted by Crippen LogP contribution is 2.34. The number of carbonyl (C=O) groups excluding carboxylic acids is 1.